The molecule has 80 valence electrons. The molecule has 1 aromatic rings. The van der Waals surface area contributed by atoms with Crippen LogP contribution in [0.1, 0.15) is 5.56 Å². The van der Waals surface area contributed by atoms with E-state index in [2.05, 4.69) is 0 Å². The molecule has 0 aromatic heterocycles. The minimum absolute atomic E-state index is 0. The topological polar surface area (TPSA) is 26.0 Å². The molecule has 0 spiro atoms. The van der Waals surface area contributed by atoms with Crippen LogP contribution in [0.5, 0.6) is 0 Å². The Kier molecular flexibility index (Phi) is 4.35. The van der Waals surface area contributed by atoms with Crippen LogP contribution in [0, 0.1) is 11.6 Å². The van der Waals surface area contributed by atoms with Crippen LogP contribution in [0.3, 0.4) is 0 Å². The smallest absolute Gasteiger partial charge is 0.290 e. The second-order valence-electron chi connectivity index (χ2n) is 2.51. The number of benzene rings is 1. The summed E-state index contributed by atoms with van der Waals surface area (Å²) < 4.78 is 51.1. The zero-order chi connectivity index (χ0) is 10.1. The van der Waals surface area contributed by atoms with E-state index in [1.54, 1.807) is 0 Å². The van der Waals surface area contributed by atoms with Crippen molar-refractivity contribution in [1.29, 1.82) is 0 Å². The maximum atomic E-state index is 12.8. The minimum atomic E-state index is -3.66. The maximum Gasteiger partial charge on any atom is 0.290 e. The summed E-state index contributed by atoms with van der Waals surface area (Å²) in [5.41, 5.74) is 3.43. The Hall–Kier alpha value is -0.810. The molecule has 0 unspecified atom stereocenters. The fourth-order valence-electron chi connectivity index (χ4n) is 0.949. The van der Waals surface area contributed by atoms with E-state index in [-0.39, 0.29) is 12.4 Å². The standard InChI is InChI=1S/C8H7F4N.ClH/c9-5-2-1-3-6(10)7(5)8(11,12)4-13;/h1-3H,4,13H2;1H. The van der Waals surface area contributed by atoms with Crippen LogP contribution >= 0.6 is 12.4 Å². The fourth-order valence-corrected chi connectivity index (χ4v) is 0.949. The number of rotatable bonds is 2. The molecule has 0 fully saturated rings. The third kappa shape index (κ3) is 2.36. The van der Waals surface area contributed by atoms with Crippen LogP contribution in [0.2, 0.25) is 0 Å². The van der Waals surface area contributed by atoms with Gasteiger partial charge in [0.2, 0.25) is 0 Å². The molecule has 1 rings (SSSR count). The Morgan fingerprint density at radius 3 is 1.93 bits per heavy atom. The van der Waals surface area contributed by atoms with E-state index in [0.29, 0.717) is 0 Å². The molecular formula is C8H8ClF4N. The molecule has 0 aliphatic carbocycles. The first-order valence-corrected chi connectivity index (χ1v) is 3.51. The molecule has 0 radical (unpaired) electrons. The highest BCUT2D eigenvalue weighted by molar-refractivity contribution is 5.85. The van der Waals surface area contributed by atoms with Crippen molar-refractivity contribution in [3.8, 4) is 0 Å². The molecule has 0 aliphatic rings. The van der Waals surface area contributed by atoms with E-state index in [0.717, 1.165) is 18.2 Å². The Balaban J connectivity index is 0.00000169. The largest absolute Gasteiger partial charge is 0.325 e. The molecule has 0 aliphatic heterocycles. The van der Waals surface area contributed by atoms with Crippen molar-refractivity contribution >= 4 is 12.4 Å². The van der Waals surface area contributed by atoms with Gasteiger partial charge < -0.3 is 5.73 Å². The van der Waals surface area contributed by atoms with Crippen LogP contribution in [0.15, 0.2) is 18.2 Å². The van der Waals surface area contributed by atoms with Crippen LogP contribution in [-0.2, 0) is 5.92 Å². The minimum Gasteiger partial charge on any atom is -0.325 e. The molecule has 0 heterocycles. The fraction of sp³-hybridized carbons (Fsp3) is 0.250. The van der Waals surface area contributed by atoms with Gasteiger partial charge in [0, 0.05) is 0 Å². The molecule has 0 bridgehead atoms. The maximum absolute atomic E-state index is 12.8. The van der Waals surface area contributed by atoms with E-state index in [1.165, 1.54) is 0 Å². The average molecular weight is 230 g/mol. The molecule has 2 N–H and O–H groups in total. The summed E-state index contributed by atoms with van der Waals surface area (Å²) in [6.45, 7) is -1.12. The van der Waals surface area contributed by atoms with Gasteiger partial charge in [0.15, 0.2) is 0 Å². The lowest BCUT2D eigenvalue weighted by Gasteiger charge is -2.15. The van der Waals surface area contributed by atoms with Crippen molar-refractivity contribution in [2.24, 2.45) is 5.73 Å². The predicted octanol–water partition coefficient (Wildman–Crippen LogP) is 2.44. The third-order valence-corrected chi connectivity index (χ3v) is 1.58. The van der Waals surface area contributed by atoms with E-state index in [4.69, 9.17) is 5.73 Å². The lowest BCUT2D eigenvalue weighted by molar-refractivity contribution is -0.00136. The van der Waals surface area contributed by atoms with Crippen LogP contribution in [0.4, 0.5) is 17.6 Å². The summed E-state index contributed by atoms with van der Waals surface area (Å²) in [4.78, 5) is 0. The lowest BCUT2D eigenvalue weighted by Crippen LogP contribution is -2.27. The summed E-state index contributed by atoms with van der Waals surface area (Å²) in [5.74, 6) is -6.22. The average Bonchev–Trinajstić information content (AvgIpc) is 2.03. The zero-order valence-electron chi connectivity index (χ0n) is 6.94. The quantitative estimate of drug-likeness (QED) is 0.775. The van der Waals surface area contributed by atoms with Crippen molar-refractivity contribution in [1.82, 2.24) is 0 Å². The summed E-state index contributed by atoms with van der Waals surface area (Å²) >= 11 is 0. The van der Waals surface area contributed by atoms with Crippen molar-refractivity contribution in [3.63, 3.8) is 0 Å². The number of alkyl halides is 2. The molecule has 6 heteroatoms. The van der Waals surface area contributed by atoms with Gasteiger partial charge >= 0.3 is 0 Å². The highest BCUT2D eigenvalue weighted by atomic mass is 35.5. The molecule has 1 aromatic carbocycles. The first-order valence-electron chi connectivity index (χ1n) is 3.51. The monoisotopic (exact) mass is 229 g/mol. The summed E-state index contributed by atoms with van der Waals surface area (Å²) in [6.07, 6.45) is 0. The molecular weight excluding hydrogens is 222 g/mol. The summed E-state index contributed by atoms with van der Waals surface area (Å²) in [6, 6.07) is 2.55. The van der Waals surface area contributed by atoms with Crippen LogP contribution in [0.25, 0.3) is 0 Å². The molecule has 0 saturated heterocycles. The van der Waals surface area contributed by atoms with Crippen molar-refractivity contribution < 1.29 is 17.6 Å². The van der Waals surface area contributed by atoms with Gasteiger partial charge in [-0.05, 0) is 12.1 Å². The molecule has 14 heavy (non-hydrogen) atoms. The van der Waals surface area contributed by atoms with Crippen molar-refractivity contribution in [3.05, 3.63) is 35.4 Å². The Morgan fingerprint density at radius 2 is 1.57 bits per heavy atom. The van der Waals surface area contributed by atoms with Gasteiger partial charge in [-0.15, -0.1) is 12.4 Å². The number of hydrogen-bond donors (Lipinski definition) is 1. The van der Waals surface area contributed by atoms with Gasteiger partial charge in [-0.1, -0.05) is 6.07 Å². The molecule has 1 nitrogen and oxygen atoms in total. The van der Waals surface area contributed by atoms with E-state index in [1.807, 2.05) is 0 Å². The molecule has 0 amide bonds. The first kappa shape index (κ1) is 13.2. The molecule has 0 saturated carbocycles. The lowest BCUT2D eigenvalue weighted by atomic mass is 10.1. The number of nitrogens with two attached hydrogens (primary N) is 1. The van der Waals surface area contributed by atoms with Gasteiger partial charge in [0.25, 0.3) is 5.92 Å². The van der Waals surface area contributed by atoms with Gasteiger partial charge in [-0.3, -0.25) is 0 Å². The van der Waals surface area contributed by atoms with Gasteiger partial charge in [0.1, 0.15) is 11.6 Å². The SMILES string of the molecule is Cl.NCC(F)(F)c1c(F)cccc1F. The predicted molar refractivity (Wildman–Crippen MR) is 46.6 cm³/mol. The molecule has 0 atom stereocenters. The van der Waals surface area contributed by atoms with Crippen LogP contribution in [-0.4, -0.2) is 6.54 Å². The summed E-state index contributed by atoms with van der Waals surface area (Å²) in [5, 5.41) is 0. The van der Waals surface area contributed by atoms with E-state index < -0.39 is 29.7 Å². The van der Waals surface area contributed by atoms with Gasteiger partial charge in [-0.25, -0.2) is 8.78 Å². The Labute approximate surface area is 84.3 Å². The second kappa shape index (κ2) is 4.61. The number of halogens is 5. The first-order chi connectivity index (χ1) is 5.99. The number of hydrogen-bond acceptors (Lipinski definition) is 1. The van der Waals surface area contributed by atoms with Crippen molar-refractivity contribution in [2.75, 3.05) is 6.54 Å². The second-order valence-corrected chi connectivity index (χ2v) is 2.51. The Morgan fingerprint density at radius 1 is 1.14 bits per heavy atom. The zero-order valence-corrected chi connectivity index (χ0v) is 7.75. The van der Waals surface area contributed by atoms with Crippen LogP contribution < -0.4 is 5.73 Å². The van der Waals surface area contributed by atoms with Gasteiger partial charge in [-0.2, -0.15) is 8.78 Å². The van der Waals surface area contributed by atoms with E-state index in [9.17, 15) is 17.6 Å². The highest BCUT2D eigenvalue weighted by Crippen LogP contribution is 2.30. The van der Waals surface area contributed by atoms with E-state index >= 15 is 0 Å². The summed E-state index contributed by atoms with van der Waals surface area (Å²) in [7, 11) is 0. The third-order valence-electron chi connectivity index (χ3n) is 1.58. The van der Waals surface area contributed by atoms with Gasteiger partial charge in [0.05, 0.1) is 12.1 Å². The Bertz CT molecular complexity index is 296. The highest BCUT2D eigenvalue weighted by Gasteiger charge is 2.35. The normalized spacial score (nSPS) is 10.9. The van der Waals surface area contributed by atoms with Crippen molar-refractivity contribution in [2.45, 2.75) is 5.92 Å².